The summed E-state index contributed by atoms with van der Waals surface area (Å²) in [5.74, 6) is 1.71. The number of nitrogens with zero attached hydrogens (tertiary/aromatic N) is 1. The lowest BCUT2D eigenvalue weighted by molar-refractivity contribution is 0.350. The van der Waals surface area contributed by atoms with Gasteiger partial charge in [-0.2, -0.15) is 0 Å². The van der Waals surface area contributed by atoms with Gasteiger partial charge in [0.25, 0.3) is 0 Å². The first-order valence-electron chi connectivity index (χ1n) is 6.48. The third kappa shape index (κ3) is 1.74. The molecule has 0 saturated carbocycles. The zero-order chi connectivity index (χ0) is 11.8. The van der Waals surface area contributed by atoms with E-state index in [1.165, 1.54) is 30.8 Å². The molecule has 3 nitrogen and oxygen atoms in total. The fourth-order valence-electron chi connectivity index (χ4n) is 3.11. The van der Waals surface area contributed by atoms with Gasteiger partial charge < -0.3 is 15.0 Å². The summed E-state index contributed by atoms with van der Waals surface area (Å²) in [5.41, 5.74) is 2.56. The Bertz CT molecular complexity index is 419. The van der Waals surface area contributed by atoms with Crippen LogP contribution < -0.4 is 15.0 Å². The third-order valence-corrected chi connectivity index (χ3v) is 4.13. The van der Waals surface area contributed by atoms with Crippen LogP contribution in [0.2, 0.25) is 0 Å². The molecule has 0 amide bonds. The Morgan fingerprint density at radius 2 is 2.29 bits per heavy atom. The van der Waals surface area contributed by atoms with Crippen LogP contribution in [0.4, 0.5) is 11.4 Å². The Balaban J connectivity index is 1.96. The lowest BCUT2D eigenvalue weighted by Gasteiger charge is -2.45. The van der Waals surface area contributed by atoms with Gasteiger partial charge in [-0.25, -0.2) is 0 Å². The van der Waals surface area contributed by atoms with Gasteiger partial charge in [0.2, 0.25) is 0 Å². The van der Waals surface area contributed by atoms with E-state index in [0.29, 0.717) is 6.04 Å². The van der Waals surface area contributed by atoms with Crippen molar-refractivity contribution >= 4 is 11.4 Å². The van der Waals surface area contributed by atoms with Gasteiger partial charge >= 0.3 is 0 Å². The molecule has 0 aliphatic carbocycles. The summed E-state index contributed by atoms with van der Waals surface area (Å²) in [6, 6.07) is 7.00. The van der Waals surface area contributed by atoms with E-state index < -0.39 is 0 Å². The molecule has 0 radical (unpaired) electrons. The van der Waals surface area contributed by atoms with Crippen molar-refractivity contribution < 1.29 is 4.74 Å². The van der Waals surface area contributed by atoms with E-state index in [1.807, 2.05) is 0 Å². The monoisotopic (exact) mass is 232 g/mol. The number of anilines is 2. The molecule has 2 aliphatic rings. The van der Waals surface area contributed by atoms with Crippen molar-refractivity contribution in [1.29, 1.82) is 0 Å². The Morgan fingerprint density at radius 1 is 1.41 bits per heavy atom. The van der Waals surface area contributed by atoms with Gasteiger partial charge in [-0.1, -0.05) is 6.92 Å². The molecule has 1 fully saturated rings. The number of piperidine rings is 1. The Labute approximate surface area is 103 Å². The zero-order valence-electron chi connectivity index (χ0n) is 10.6. The lowest BCUT2D eigenvalue weighted by atomic mass is 9.88. The van der Waals surface area contributed by atoms with Crippen molar-refractivity contribution in [3.05, 3.63) is 18.2 Å². The van der Waals surface area contributed by atoms with E-state index in [-0.39, 0.29) is 0 Å². The summed E-state index contributed by atoms with van der Waals surface area (Å²) in [6.45, 7) is 4.62. The second kappa shape index (κ2) is 4.13. The number of benzene rings is 1. The van der Waals surface area contributed by atoms with E-state index in [0.717, 1.165) is 18.2 Å². The second-order valence-corrected chi connectivity index (χ2v) is 5.14. The molecule has 0 bridgehead atoms. The maximum atomic E-state index is 5.28. The van der Waals surface area contributed by atoms with Crippen LogP contribution in [0.3, 0.4) is 0 Å². The van der Waals surface area contributed by atoms with E-state index in [4.69, 9.17) is 4.74 Å². The van der Waals surface area contributed by atoms with Crippen LogP contribution in [0, 0.1) is 5.92 Å². The van der Waals surface area contributed by atoms with Crippen LogP contribution in [-0.4, -0.2) is 26.2 Å². The van der Waals surface area contributed by atoms with Gasteiger partial charge in [-0.05, 0) is 30.9 Å². The highest BCUT2D eigenvalue weighted by Gasteiger charge is 2.32. The molecule has 0 aromatic heterocycles. The first-order chi connectivity index (χ1) is 8.29. The summed E-state index contributed by atoms with van der Waals surface area (Å²) >= 11 is 0. The molecule has 1 N–H and O–H groups in total. The van der Waals surface area contributed by atoms with Gasteiger partial charge in [-0.3, -0.25) is 0 Å². The number of hydrogen-bond acceptors (Lipinski definition) is 3. The van der Waals surface area contributed by atoms with E-state index in [9.17, 15) is 0 Å². The van der Waals surface area contributed by atoms with Crippen LogP contribution in [-0.2, 0) is 0 Å². The Hall–Kier alpha value is -1.38. The molecule has 1 saturated heterocycles. The summed E-state index contributed by atoms with van der Waals surface area (Å²) in [7, 11) is 1.72. The normalized spacial score (nSPS) is 26.8. The van der Waals surface area contributed by atoms with Crippen molar-refractivity contribution in [3.63, 3.8) is 0 Å². The molecular formula is C14H20N2O. The molecule has 1 aromatic carbocycles. The molecule has 2 atom stereocenters. The highest BCUT2D eigenvalue weighted by Crippen LogP contribution is 2.38. The number of rotatable bonds is 1. The standard InChI is InChI=1S/C14H20N2O/c1-10-4-3-7-16-13-6-5-11(17-2)8-12(13)15-9-14(10)16/h5-6,8,10,14-15H,3-4,7,9H2,1-2H3. The average molecular weight is 232 g/mol. The highest BCUT2D eigenvalue weighted by molar-refractivity contribution is 5.74. The fourth-order valence-corrected chi connectivity index (χ4v) is 3.11. The average Bonchev–Trinajstić information content (AvgIpc) is 2.38. The Morgan fingerprint density at radius 3 is 3.12 bits per heavy atom. The maximum absolute atomic E-state index is 5.28. The SMILES string of the molecule is COc1ccc2c(c1)NCC1C(C)CCCN21. The van der Waals surface area contributed by atoms with E-state index in [1.54, 1.807) is 7.11 Å². The second-order valence-electron chi connectivity index (χ2n) is 5.14. The quantitative estimate of drug-likeness (QED) is 0.805. The van der Waals surface area contributed by atoms with Crippen molar-refractivity contribution in [1.82, 2.24) is 0 Å². The summed E-state index contributed by atoms with van der Waals surface area (Å²) < 4.78 is 5.28. The largest absolute Gasteiger partial charge is 0.497 e. The number of ether oxygens (including phenoxy) is 1. The molecule has 3 rings (SSSR count). The van der Waals surface area contributed by atoms with Gasteiger partial charge in [0.1, 0.15) is 5.75 Å². The third-order valence-electron chi connectivity index (χ3n) is 4.13. The number of fused-ring (bicyclic) bond motifs is 3. The number of hydrogen-bond donors (Lipinski definition) is 1. The lowest BCUT2D eigenvalue weighted by Crippen LogP contribution is -2.51. The topological polar surface area (TPSA) is 24.5 Å². The van der Waals surface area contributed by atoms with Crippen molar-refractivity contribution in [2.45, 2.75) is 25.8 Å². The van der Waals surface area contributed by atoms with Gasteiger partial charge in [0, 0.05) is 25.2 Å². The first kappa shape index (κ1) is 10.8. The van der Waals surface area contributed by atoms with Crippen molar-refractivity contribution in [3.8, 4) is 5.75 Å². The van der Waals surface area contributed by atoms with Crippen LogP contribution in [0.15, 0.2) is 18.2 Å². The van der Waals surface area contributed by atoms with Gasteiger partial charge in [0.15, 0.2) is 0 Å². The van der Waals surface area contributed by atoms with Gasteiger partial charge in [-0.15, -0.1) is 0 Å². The summed E-state index contributed by atoms with van der Waals surface area (Å²) in [6.07, 6.45) is 2.66. The molecule has 2 aliphatic heterocycles. The van der Waals surface area contributed by atoms with E-state index >= 15 is 0 Å². The van der Waals surface area contributed by atoms with Crippen LogP contribution >= 0.6 is 0 Å². The van der Waals surface area contributed by atoms with E-state index in [2.05, 4.69) is 35.3 Å². The fraction of sp³-hybridized carbons (Fsp3) is 0.571. The smallest absolute Gasteiger partial charge is 0.121 e. The molecule has 2 unspecified atom stereocenters. The highest BCUT2D eigenvalue weighted by atomic mass is 16.5. The first-order valence-corrected chi connectivity index (χ1v) is 6.48. The molecule has 1 aromatic rings. The molecule has 2 heterocycles. The minimum Gasteiger partial charge on any atom is -0.497 e. The van der Waals surface area contributed by atoms with Crippen LogP contribution in [0.25, 0.3) is 0 Å². The zero-order valence-corrected chi connectivity index (χ0v) is 10.6. The van der Waals surface area contributed by atoms with Crippen LogP contribution in [0.1, 0.15) is 19.8 Å². The predicted octanol–water partition coefficient (Wildman–Crippen LogP) is 2.73. The molecule has 0 spiro atoms. The maximum Gasteiger partial charge on any atom is 0.121 e. The van der Waals surface area contributed by atoms with Crippen molar-refractivity contribution in [2.24, 2.45) is 5.92 Å². The number of methoxy groups -OCH3 is 1. The van der Waals surface area contributed by atoms with Gasteiger partial charge in [0.05, 0.1) is 18.5 Å². The van der Waals surface area contributed by atoms with Crippen LogP contribution in [0.5, 0.6) is 5.75 Å². The molecular weight excluding hydrogens is 212 g/mol. The molecule has 3 heteroatoms. The minimum atomic E-state index is 0.657. The molecule has 17 heavy (non-hydrogen) atoms. The summed E-state index contributed by atoms with van der Waals surface area (Å²) in [4.78, 5) is 2.57. The Kier molecular flexibility index (Phi) is 2.61. The minimum absolute atomic E-state index is 0.657. The van der Waals surface area contributed by atoms with Crippen molar-refractivity contribution in [2.75, 3.05) is 30.4 Å². The number of nitrogens with one attached hydrogen (secondary N) is 1. The molecule has 92 valence electrons. The predicted molar refractivity (Wildman–Crippen MR) is 71.0 cm³/mol. The summed E-state index contributed by atoms with van der Waals surface area (Å²) in [5, 5.41) is 3.55.